The highest BCUT2D eigenvalue weighted by molar-refractivity contribution is 6.22. The van der Waals surface area contributed by atoms with Crippen LogP contribution >= 0.6 is 11.6 Å². The number of nitrogens with zero attached hydrogens (tertiary/aromatic N) is 1. The SMILES string of the molecule is Cc1cc(C(Cl)c2ccc3c(c2)oc(=O)n3C)c(C)o1. The van der Waals surface area contributed by atoms with Gasteiger partial charge in [0.15, 0.2) is 5.58 Å². The van der Waals surface area contributed by atoms with E-state index >= 15 is 0 Å². The molecule has 3 aromatic rings. The van der Waals surface area contributed by atoms with Crippen molar-refractivity contribution in [1.82, 2.24) is 4.57 Å². The number of aryl methyl sites for hydroxylation is 3. The molecule has 0 N–H and O–H groups in total. The Bertz CT molecular complexity index is 841. The molecule has 0 aliphatic heterocycles. The van der Waals surface area contributed by atoms with Crippen LogP contribution in [0, 0.1) is 13.8 Å². The smallest absolute Gasteiger partial charge is 0.419 e. The second-order valence-electron chi connectivity index (χ2n) is 4.89. The monoisotopic (exact) mass is 291 g/mol. The molecule has 4 nitrogen and oxygen atoms in total. The Labute approximate surface area is 120 Å². The average molecular weight is 292 g/mol. The average Bonchev–Trinajstić information content (AvgIpc) is 2.89. The highest BCUT2D eigenvalue weighted by Gasteiger charge is 2.18. The Balaban J connectivity index is 2.10. The van der Waals surface area contributed by atoms with Gasteiger partial charge in [-0.1, -0.05) is 6.07 Å². The Morgan fingerprint density at radius 3 is 2.60 bits per heavy atom. The van der Waals surface area contributed by atoms with Crippen LogP contribution in [0.2, 0.25) is 0 Å². The first-order valence-electron chi connectivity index (χ1n) is 6.28. The quantitative estimate of drug-likeness (QED) is 0.677. The predicted octanol–water partition coefficient (Wildman–Crippen LogP) is 3.67. The molecule has 0 aliphatic carbocycles. The fourth-order valence-electron chi connectivity index (χ4n) is 2.39. The first-order chi connectivity index (χ1) is 9.47. The lowest BCUT2D eigenvalue weighted by Gasteiger charge is -2.08. The molecule has 0 fully saturated rings. The van der Waals surface area contributed by atoms with Gasteiger partial charge in [0.25, 0.3) is 0 Å². The Morgan fingerprint density at radius 1 is 1.20 bits per heavy atom. The molecule has 1 unspecified atom stereocenters. The standard InChI is InChI=1S/C15H14ClNO3/c1-8-6-11(9(2)19-8)14(16)10-4-5-12-13(7-10)20-15(18)17(12)3/h4-7,14H,1-3H3. The van der Waals surface area contributed by atoms with Gasteiger partial charge in [0.2, 0.25) is 0 Å². The molecule has 0 saturated carbocycles. The maximum atomic E-state index is 11.5. The number of benzene rings is 1. The highest BCUT2D eigenvalue weighted by Crippen LogP contribution is 2.33. The van der Waals surface area contributed by atoms with Crippen molar-refractivity contribution in [3.05, 3.63) is 57.5 Å². The molecule has 104 valence electrons. The lowest BCUT2D eigenvalue weighted by atomic mass is 10.0. The van der Waals surface area contributed by atoms with E-state index in [1.54, 1.807) is 13.1 Å². The molecule has 3 rings (SSSR count). The lowest BCUT2D eigenvalue weighted by Crippen LogP contribution is -2.08. The molecule has 0 amide bonds. The number of hydrogen-bond donors (Lipinski definition) is 0. The van der Waals surface area contributed by atoms with Crippen molar-refractivity contribution < 1.29 is 8.83 Å². The summed E-state index contributed by atoms with van der Waals surface area (Å²) in [4.78, 5) is 11.5. The molecular formula is C15H14ClNO3. The molecule has 2 aromatic heterocycles. The summed E-state index contributed by atoms with van der Waals surface area (Å²) in [5.74, 6) is 1.26. The number of furan rings is 1. The van der Waals surface area contributed by atoms with Crippen LogP contribution in [0.5, 0.6) is 0 Å². The normalized spacial score (nSPS) is 13.0. The summed E-state index contributed by atoms with van der Waals surface area (Å²) in [5.41, 5.74) is 3.10. The van der Waals surface area contributed by atoms with Gasteiger partial charge in [-0.15, -0.1) is 11.6 Å². The third-order valence-electron chi connectivity index (χ3n) is 3.46. The van der Waals surface area contributed by atoms with Crippen LogP contribution in [0.4, 0.5) is 0 Å². The minimum absolute atomic E-state index is 0.331. The third-order valence-corrected chi connectivity index (χ3v) is 3.95. The predicted molar refractivity (Wildman–Crippen MR) is 77.3 cm³/mol. The van der Waals surface area contributed by atoms with Gasteiger partial charge in [0.1, 0.15) is 11.5 Å². The molecule has 1 atom stereocenters. The molecule has 0 aliphatic rings. The van der Waals surface area contributed by atoms with Crippen LogP contribution in [-0.4, -0.2) is 4.57 Å². The Kier molecular flexibility index (Phi) is 2.98. The van der Waals surface area contributed by atoms with Gasteiger partial charge in [-0.05, 0) is 37.6 Å². The van der Waals surface area contributed by atoms with Crippen LogP contribution in [-0.2, 0) is 7.05 Å². The van der Waals surface area contributed by atoms with Crippen LogP contribution in [0.1, 0.15) is 28.0 Å². The van der Waals surface area contributed by atoms with Crippen LogP contribution in [0.15, 0.2) is 37.9 Å². The van der Waals surface area contributed by atoms with E-state index < -0.39 is 0 Å². The lowest BCUT2D eigenvalue weighted by molar-refractivity contribution is 0.501. The van der Waals surface area contributed by atoms with Gasteiger partial charge < -0.3 is 8.83 Å². The van der Waals surface area contributed by atoms with E-state index in [2.05, 4.69) is 0 Å². The van der Waals surface area contributed by atoms with Gasteiger partial charge in [-0.25, -0.2) is 4.79 Å². The first-order valence-corrected chi connectivity index (χ1v) is 6.71. The van der Waals surface area contributed by atoms with E-state index in [9.17, 15) is 4.79 Å². The van der Waals surface area contributed by atoms with Gasteiger partial charge >= 0.3 is 5.76 Å². The molecule has 0 saturated heterocycles. The topological polar surface area (TPSA) is 48.3 Å². The number of aromatic nitrogens is 1. The van der Waals surface area contributed by atoms with Gasteiger partial charge in [-0.2, -0.15) is 0 Å². The van der Waals surface area contributed by atoms with E-state index in [-0.39, 0.29) is 11.1 Å². The number of hydrogen-bond acceptors (Lipinski definition) is 3. The molecule has 5 heteroatoms. The summed E-state index contributed by atoms with van der Waals surface area (Å²) < 4.78 is 12.2. The van der Waals surface area contributed by atoms with E-state index in [4.69, 9.17) is 20.4 Å². The zero-order valence-corrected chi connectivity index (χ0v) is 12.2. The number of rotatable bonds is 2. The van der Waals surface area contributed by atoms with Gasteiger partial charge in [0, 0.05) is 12.6 Å². The van der Waals surface area contributed by atoms with E-state index in [1.165, 1.54) is 4.57 Å². The molecule has 2 heterocycles. The molecule has 0 radical (unpaired) electrons. The molecule has 20 heavy (non-hydrogen) atoms. The summed E-state index contributed by atoms with van der Waals surface area (Å²) in [6.45, 7) is 3.78. The Morgan fingerprint density at radius 2 is 1.95 bits per heavy atom. The zero-order valence-electron chi connectivity index (χ0n) is 11.4. The minimum atomic E-state index is -0.376. The largest absolute Gasteiger partial charge is 0.466 e. The van der Waals surface area contributed by atoms with Crippen molar-refractivity contribution in [2.75, 3.05) is 0 Å². The fourth-order valence-corrected chi connectivity index (χ4v) is 2.74. The van der Waals surface area contributed by atoms with Crippen molar-refractivity contribution in [1.29, 1.82) is 0 Å². The van der Waals surface area contributed by atoms with E-state index in [1.807, 2.05) is 32.0 Å². The number of fused-ring (bicyclic) bond motifs is 1. The van der Waals surface area contributed by atoms with Crippen LogP contribution < -0.4 is 5.76 Å². The maximum Gasteiger partial charge on any atom is 0.419 e. The summed E-state index contributed by atoms with van der Waals surface area (Å²) in [7, 11) is 1.68. The van der Waals surface area contributed by atoms with Crippen LogP contribution in [0.25, 0.3) is 11.1 Å². The van der Waals surface area contributed by atoms with Crippen molar-refractivity contribution >= 4 is 22.7 Å². The summed E-state index contributed by atoms with van der Waals surface area (Å²) in [6, 6.07) is 7.47. The number of alkyl halides is 1. The van der Waals surface area contributed by atoms with E-state index in [0.717, 1.165) is 28.2 Å². The summed E-state index contributed by atoms with van der Waals surface area (Å²) in [5, 5.41) is -0.331. The van der Waals surface area contributed by atoms with Crippen molar-refractivity contribution in [3.63, 3.8) is 0 Å². The maximum absolute atomic E-state index is 11.5. The van der Waals surface area contributed by atoms with Crippen molar-refractivity contribution in [3.8, 4) is 0 Å². The van der Waals surface area contributed by atoms with Crippen molar-refractivity contribution in [2.24, 2.45) is 7.05 Å². The Hall–Kier alpha value is -1.94. The van der Waals surface area contributed by atoms with Crippen molar-refractivity contribution in [2.45, 2.75) is 19.2 Å². The van der Waals surface area contributed by atoms with Crippen LogP contribution in [0.3, 0.4) is 0 Å². The summed E-state index contributed by atoms with van der Waals surface area (Å²) >= 11 is 6.51. The highest BCUT2D eigenvalue weighted by atomic mass is 35.5. The second kappa shape index (κ2) is 4.56. The van der Waals surface area contributed by atoms with Gasteiger partial charge in [-0.3, -0.25) is 4.57 Å². The molecule has 1 aromatic carbocycles. The third kappa shape index (κ3) is 1.96. The number of oxazole rings is 1. The summed E-state index contributed by atoms with van der Waals surface area (Å²) in [6.07, 6.45) is 0. The molecule has 0 bridgehead atoms. The zero-order chi connectivity index (χ0) is 14.4. The minimum Gasteiger partial charge on any atom is -0.466 e. The number of halogens is 1. The fraction of sp³-hybridized carbons (Fsp3) is 0.267. The molecule has 0 spiro atoms. The molecular weight excluding hydrogens is 278 g/mol. The van der Waals surface area contributed by atoms with E-state index in [0.29, 0.717) is 5.58 Å². The second-order valence-corrected chi connectivity index (χ2v) is 5.32. The first kappa shape index (κ1) is 13.1. The van der Waals surface area contributed by atoms with Gasteiger partial charge in [0.05, 0.1) is 10.9 Å².